The highest BCUT2D eigenvalue weighted by Crippen LogP contribution is 2.34. The third kappa shape index (κ3) is 2.88. The summed E-state index contributed by atoms with van der Waals surface area (Å²) in [5.41, 5.74) is -0.272. The van der Waals surface area contributed by atoms with Gasteiger partial charge in [0.05, 0.1) is 22.1 Å². The summed E-state index contributed by atoms with van der Waals surface area (Å²) >= 11 is 5.58. The monoisotopic (exact) mass is 274 g/mol. The van der Waals surface area contributed by atoms with E-state index in [4.69, 9.17) is 11.6 Å². The van der Waals surface area contributed by atoms with Crippen LogP contribution in [0.4, 0.5) is 15.8 Å². The fraction of sp³-hybridized carbons (Fsp3) is 0.455. The second-order valence-electron chi connectivity index (χ2n) is 4.33. The number of rotatable bonds is 5. The number of nitrogens with one attached hydrogen (secondary N) is 1. The number of halogens is 2. The molecular formula is C11H12ClFN2O3. The lowest BCUT2D eigenvalue weighted by Crippen LogP contribution is -2.21. The predicted molar refractivity (Wildman–Crippen MR) is 65.3 cm³/mol. The number of nitrogens with zero attached hydrogens (tertiary/aromatic N) is 1. The van der Waals surface area contributed by atoms with Crippen molar-refractivity contribution in [1.82, 2.24) is 0 Å². The van der Waals surface area contributed by atoms with Gasteiger partial charge in [-0.2, -0.15) is 0 Å². The number of aliphatic hydroxyl groups is 1. The lowest BCUT2D eigenvalue weighted by molar-refractivity contribution is -0.384. The SMILES string of the molecule is O=[N+]([O-])c1cc(F)c(Cl)cc1NCC(O)C1CC1. The van der Waals surface area contributed by atoms with Crippen LogP contribution in [-0.2, 0) is 0 Å². The fourth-order valence-corrected chi connectivity index (χ4v) is 1.85. The fourth-order valence-electron chi connectivity index (χ4n) is 1.69. The topological polar surface area (TPSA) is 75.4 Å². The van der Waals surface area contributed by atoms with E-state index in [-0.39, 0.29) is 28.9 Å². The van der Waals surface area contributed by atoms with Gasteiger partial charge >= 0.3 is 0 Å². The van der Waals surface area contributed by atoms with E-state index in [0.717, 1.165) is 25.0 Å². The largest absolute Gasteiger partial charge is 0.391 e. The third-order valence-electron chi connectivity index (χ3n) is 2.90. The van der Waals surface area contributed by atoms with Gasteiger partial charge in [0.25, 0.3) is 5.69 Å². The zero-order chi connectivity index (χ0) is 13.3. The molecule has 7 heteroatoms. The maximum Gasteiger partial charge on any atom is 0.295 e. The molecule has 1 atom stereocenters. The molecule has 2 rings (SSSR count). The van der Waals surface area contributed by atoms with Gasteiger partial charge < -0.3 is 10.4 Å². The molecule has 0 aliphatic heterocycles. The molecule has 0 heterocycles. The zero-order valence-electron chi connectivity index (χ0n) is 9.40. The molecule has 1 unspecified atom stereocenters. The van der Waals surface area contributed by atoms with E-state index < -0.39 is 16.8 Å². The Labute approximate surface area is 108 Å². The highest BCUT2D eigenvalue weighted by molar-refractivity contribution is 6.31. The normalized spacial score (nSPS) is 16.4. The van der Waals surface area contributed by atoms with Crippen LogP contribution in [0.25, 0.3) is 0 Å². The smallest absolute Gasteiger partial charge is 0.295 e. The summed E-state index contributed by atoms with van der Waals surface area (Å²) in [6.07, 6.45) is 1.39. The van der Waals surface area contributed by atoms with E-state index in [9.17, 15) is 19.6 Å². The van der Waals surface area contributed by atoms with Crippen molar-refractivity contribution >= 4 is 23.0 Å². The number of aliphatic hydroxyl groups excluding tert-OH is 1. The standard InChI is InChI=1S/C11H12ClFN2O3/c12-7-3-9(10(15(17)18)4-8(7)13)14-5-11(16)6-1-2-6/h3-4,6,11,14,16H,1-2,5H2. The lowest BCUT2D eigenvalue weighted by atomic mass is 10.2. The van der Waals surface area contributed by atoms with Crippen molar-refractivity contribution in [2.24, 2.45) is 5.92 Å². The van der Waals surface area contributed by atoms with E-state index in [1.165, 1.54) is 0 Å². The zero-order valence-corrected chi connectivity index (χ0v) is 10.2. The highest BCUT2D eigenvalue weighted by atomic mass is 35.5. The van der Waals surface area contributed by atoms with E-state index >= 15 is 0 Å². The molecule has 0 spiro atoms. The molecule has 0 saturated heterocycles. The third-order valence-corrected chi connectivity index (χ3v) is 3.19. The number of anilines is 1. The summed E-state index contributed by atoms with van der Waals surface area (Å²) in [6.45, 7) is 0.188. The molecule has 0 bridgehead atoms. The number of nitro benzene ring substituents is 1. The molecule has 5 nitrogen and oxygen atoms in total. The average Bonchev–Trinajstić information content (AvgIpc) is 3.13. The van der Waals surface area contributed by atoms with Crippen LogP contribution in [0.1, 0.15) is 12.8 Å². The lowest BCUT2D eigenvalue weighted by Gasteiger charge is -2.12. The molecule has 2 N–H and O–H groups in total. The van der Waals surface area contributed by atoms with Crippen LogP contribution in [0.5, 0.6) is 0 Å². The van der Waals surface area contributed by atoms with Crippen LogP contribution >= 0.6 is 11.6 Å². The minimum absolute atomic E-state index is 0.117. The molecule has 0 amide bonds. The maximum atomic E-state index is 13.1. The van der Waals surface area contributed by atoms with Gasteiger partial charge in [-0.15, -0.1) is 0 Å². The maximum absolute atomic E-state index is 13.1. The number of hydrogen-bond donors (Lipinski definition) is 2. The summed E-state index contributed by atoms with van der Waals surface area (Å²) in [5.74, 6) is -0.580. The van der Waals surface area contributed by atoms with E-state index in [0.29, 0.717) is 0 Å². The summed E-state index contributed by atoms with van der Waals surface area (Å²) < 4.78 is 13.1. The molecule has 1 aromatic carbocycles. The van der Waals surface area contributed by atoms with Gasteiger partial charge in [0.1, 0.15) is 11.5 Å². The van der Waals surface area contributed by atoms with Crippen molar-refractivity contribution in [3.63, 3.8) is 0 Å². The molecule has 0 radical (unpaired) electrons. The van der Waals surface area contributed by atoms with Gasteiger partial charge in [-0.3, -0.25) is 10.1 Å². The highest BCUT2D eigenvalue weighted by Gasteiger charge is 2.30. The molecule has 1 aliphatic carbocycles. The van der Waals surface area contributed by atoms with Gasteiger partial charge in [0.15, 0.2) is 0 Å². The Balaban J connectivity index is 2.14. The summed E-state index contributed by atoms with van der Waals surface area (Å²) in [6, 6.07) is 1.93. The Kier molecular flexibility index (Phi) is 3.68. The number of benzene rings is 1. The average molecular weight is 275 g/mol. The van der Waals surface area contributed by atoms with Crippen LogP contribution in [-0.4, -0.2) is 22.7 Å². The van der Waals surface area contributed by atoms with Crippen molar-refractivity contribution in [3.05, 3.63) is 33.1 Å². The van der Waals surface area contributed by atoms with Crippen molar-refractivity contribution in [3.8, 4) is 0 Å². The van der Waals surface area contributed by atoms with Crippen molar-refractivity contribution in [2.75, 3.05) is 11.9 Å². The van der Waals surface area contributed by atoms with E-state index in [1.54, 1.807) is 0 Å². The second-order valence-corrected chi connectivity index (χ2v) is 4.73. The first-order valence-electron chi connectivity index (χ1n) is 5.54. The molecule has 1 fully saturated rings. The number of hydrogen-bond acceptors (Lipinski definition) is 4. The Hall–Kier alpha value is -1.40. The Morgan fingerprint density at radius 1 is 1.61 bits per heavy atom. The molecular weight excluding hydrogens is 263 g/mol. The second kappa shape index (κ2) is 5.07. The van der Waals surface area contributed by atoms with Crippen LogP contribution in [0.3, 0.4) is 0 Å². The van der Waals surface area contributed by atoms with Crippen LogP contribution in [0.2, 0.25) is 5.02 Å². The first-order chi connectivity index (χ1) is 8.49. The Morgan fingerprint density at radius 2 is 2.28 bits per heavy atom. The molecule has 18 heavy (non-hydrogen) atoms. The van der Waals surface area contributed by atoms with Gasteiger partial charge in [-0.05, 0) is 24.8 Å². The minimum Gasteiger partial charge on any atom is -0.391 e. The van der Waals surface area contributed by atoms with E-state index in [2.05, 4.69) is 5.32 Å². The van der Waals surface area contributed by atoms with Gasteiger partial charge in [-0.25, -0.2) is 4.39 Å². The van der Waals surface area contributed by atoms with Crippen molar-refractivity contribution in [1.29, 1.82) is 0 Å². The van der Waals surface area contributed by atoms with Gasteiger partial charge in [-0.1, -0.05) is 11.6 Å². The quantitative estimate of drug-likeness (QED) is 0.639. The van der Waals surface area contributed by atoms with Crippen LogP contribution in [0, 0.1) is 21.8 Å². The molecule has 1 aliphatic rings. The van der Waals surface area contributed by atoms with Gasteiger partial charge in [0, 0.05) is 6.54 Å². The van der Waals surface area contributed by atoms with Crippen molar-refractivity contribution < 1.29 is 14.4 Å². The Morgan fingerprint density at radius 3 is 2.83 bits per heavy atom. The van der Waals surface area contributed by atoms with Crippen molar-refractivity contribution in [2.45, 2.75) is 18.9 Å². The Bertz CT molecular complexity index is 480. The summed E-state index contributed by atoms with van der Waals surface area (Å²) in [4.78, 5) is 10.1. The van der Waals surface area contributed by atoms with Crippen LogP contribution < -0.4 is 5.32 Å². The van der Waals surface area contributed by atoms with Gasteiger partial charge in [0.2, 0.25) is 0 Å². The molecule has 1 aromatic rings. The first-order valence-corrected chi connectivity index (χ1v) is 5.92. The van der Waals surface area contributed by atoms with E-state index in [1.807, 2.05) is 0 Å². The first kappa shape index (κ1) is 13.0. The molecule has 98 valence electrons. The predicted octanol–water partition coefficient (Wildman–Crippen LogP) is 2.57. The van der Waals surface area contributed by atoms with Crippen LogP contribution in [0.15, 0.2) is 12.1 Å². The minimum atomic E-state index is -0.836. The molecule has 0 aromatic heterocycles. The summed E-state index contributed by atoms with van der Waals surface area (Å²) in [7, 11) is 0. The number of nitro groups is 1. The summed E-state index contributed by atoms with van der Waals surface area (Å²) in [5, 5.41) is 23.0. The molecule has 1 saturated carbocycles.